The van der Waals surface area contributed by atoms with E-state index in [0.717, 1.165) is 0 Å². The number of halogens is 1. The summed E-state index contributed by atoms with van der Waals surface area (Å²) in [5.74, 6) is -0.324. The number of nitriles is 1. The Morgan fingerprint density at radius 1 is 1.38 bits per heavy atom. The van der Waals surface area contributed by atoms with E-state index in [4.69, 9.17) is 11.0 Å². The van der Waals surface area contributed by atoms with E-state index in [1.807, 2.05) is 0 Å². The van der Waals surface area contributed by atoms with E-state index in [-0.39, 0.29) is 5.82 Å². The summed E-state index contributed by atoms with van der Waals surface area (Å²) in [7, 11) is 0. The van der Waals surface area contributed by atoms with Crippen LogP contribution in [0.4, 0.5) is 10.1 Å². The molecule has 0 amide bonds. The first-order valence-corrected chi connectivity index (χ1v) is 4.80. The van der Waals surface area contributed by atoms with Crippen LogP contribution in [0.25, 0.3) is 0 Å². The van der Waals surface area contributed by atoms with Gasteiger partial charge >= 0.3 is 0 Å². The molecule has 4 heteroatoms. The number of hydrogen-bond donors (Lipinski definition) is 1. The molecule has 3 nitrogen and oxygen atoms in total. The van der Waals surface area contributed by atoms with Gasteiger partial charge in [0.25, 0.3) is 0 Å². The van der Waals surface area contributed by atoms with E-state index < -0.39 is 0 Å². The molecule has 0 atom stereocenters. The molecule has 0 bridgehead atoms. The van der Waals surface area contributed by atoms with Crippen LogP contribution in [-0.2, 0) is 6.54 Å². The lowest BCUT2D eigenvalue weighted by Gasteiger charge is -2.08. The minimum Gasteiger partial charge on any atom is -0.398 e. The van der Waals surface area contributed by atoms with Crippen molar-refractivity contribution in [3.8, 4) is 6.07 Å². The maximum atomic E-state index is 13.0. The quantitative estimate of drug-likeness (QED) is 0.780. The van der Waals surface area contributed by atoms with E-state index >= 15 is 0 Å². The Labute approximate surface area is 92.5 Å². The SMILES string of the molecule is N#Cc1cccn1Cc1cc(F)ccc1N. The Hall–Kier alpha value is -2.28. The molecular weight excluding hydrogens is 205 g/mol. The van der Waals surface area contributed by atoms with Gasteiger partial charge in [0.15, 0.2) is 0 Å². The fraction of sp³-hybridized carbons (Fsp3) is 0.0833. The van der Waals surface area contributed by atoms with Crippen molar-refractivity contribution >= 4 is 5.69 Å². The van der Waals surface area contributed by atoms with Gasteiger partial charge in [-0.3, -0.25) is 0 Å². The summed E-state index contributed by atoms with van der Waals surface area (Å²) in [6.07, 6.45) is 1.77. The van der Waals surface area contributed by atoms with E-state index in [1.165, 1.54) is 18.2 Å². The van der Waals surface area contributed by atoms with Crippen molar-refractivity contribution in [3.05, 3.63) is 53.6 Å². The van der Waals surface area contributed by atoms with Crippen molar-refractivity contribution in [1.29, 1.82) is 5.26 Å². The maximum Gasteiger partial charge on any atom is 0.123 e. The molecular formula is C12H10FN3. The fourth-order valence-corrected chi connectivity index (χ4v) is 1.55. The summed E-state index contributed by atoms with van der Waals surface area (Å²) in [5, 5.41) is 8.83. The summed E-state index contributed by atoms with van der Waals surface area (Å²) in [5.41, 5.74) is 7.47. The molecule has 0 saturated carbocycles. The highest BCUT2D eigenvalue weighted by molar-refractivity contribution is 5.47. The monoisotopic (exact) mass is 215 g/mol. The van der Waals surface area contributed by atoms with E-state index in [1.54, 1.807) is 22.9 Å². The topological polar surface area (TPSA) is 54.7 Å². The zero-order valence-electron chi connectivity index (χ0n) is 8.52. The van der Waals surface area contributed by atoms with E-state index in [9.17, 15) is 4.39 Å². The van der Waals surface area contributed by atoms with Crippen LogP contribution in [-0.4, -0.2) is 4.57 Å². The smallest absolute Gasteiger partial charge is 0.123 e. The Balaban J connectivity index is 2.34. The van der Waals surface area contributed by atoms with Crippen molar-refractivity contribution < 1.29 is 4.39 Å². The molecule has 0 saturated heterocycles. The van der Waals surface area contributed by atoms with Gasteiger partial charge in [-0.25, -0.2) is 4.39 Å². The molecule has 2 N–H and O–H groups in total. The van der Waals surface area contributed by atoms with Crippen molar-refractivity contribution in [2.24, 2.45) is 0 Å². The highest BCUT2D eigenvalue weighted by atomic mass is 19.1. The zero-order valence-corrected chi connectivity index (χ0v) is 8.52. The standard InChI is InChI=1S/C12H10FN3/c13-10-3-4-12(15)9(6-10)8-16-5-1-2-11(16)7-14/h1-6H,8,15H2. The average molecular weight is 215 g/mol. The number of hydrogen-bond acceptors (Lipinski definition) is 2. The Morgan fingerprint density at radius 3 is 2.94 bits per heavy atom. The molecule has 80 valence electrons. The third-order valence-electron chi connectivity index (χ3n) is 2.39. The van der Waals surface area contributed by atoms with E-state index in [2.05, 4.69) is 6.07 Å². The fourth-order valence-electron chi connectivity index (χ4n) is 1.55. The number of nitrogens with zero attached hydrogens (tertiary/aromatic N) is 2. The summed E-state index contributed by atoms with van der Waals surface area (Å²) in [4.78, 5) is 0. The van der Waals surface area contributed by atoms with Gasteiger partial charge in [0.1, 0.15) is 17.6 Å². The molecule has 2 rings (SSSR count). The van der Waals surface area contributed by atoms with Gasteiger partial charge in [0.05, 0.1) is 6.54 Å². The minimum absolute atomic E-state index is 0.324. The van der Waals surface area contributed by atoms with Crippen molar-refractivity contribution in [2.75, 3.05) is 5.73 Å². The second kappa shape index (κ2) is 4.07. The van der Waals surface area contributed by atoms with Crippen molar-refractivity contribution in [2.45, 2.75) is 6.54 Å². The molecule has 1 aromatic heterocycles. The number of anilines is 1. The van der Waals surface area contributed by atoms with Gasteiger partial charge in [-0.2, -0.15) is 5.26 Å². The van der Waals surface area contributed by atoms with Crippen LogP contribution in [0, 0.1) is 17.1 Å². The number of aromatic nitrogens is 1. The first kappa shape index (κ1) is 10.2. The molecule has 0 unspecified atom stereocenters. The summed E-state index contributed by atoms with van der Waals surface area (Å²) in [6, 6.07) is 9.77. The summed E-state index contributed by atoms with van der Waals surface area (Å²) in [6.45, 7) is 0.402. The molecule has 16 heavy (non-hydrogen) atoms. The minimum atomic E-state index is -0.324. The van der Waals surface area contributed by atoms with Crippen LogP contribution in [0.1, 0.15) is 11.3 Å². The lowest BCUT2D eigenvalue weighted by Crippen LogP contribution is -2.04. The second-order valence-electron chi connectivity index (χ2n) is 3.48. The molecule has 1 heterocycles. The zero-order chi connectivity index (χ0) is 11.5. The molecule has 0 fully saturated rings. The number of benzene rings is 1. The maximum absolute atomic E-state index is 13.0. The van der Waals surface area contributed by atoms with Gasteiger partial charge < -0.3 is 10.3 Å². The van der Waals surface area contributed by atoms with Crippen LogP contribution in [0.5, 0.6) is 0 Å². The second-order valence-corrected chi connectivity index (χ2v) is 3.48. The Bertz CT molecular complexity index is 552. The first-order chi connectivity index (χ1) is 7.70. The van der Waals surface area contributed by atoms with Crippen LogP contribution >= 0.6 is 0 Å². The van der Waals surface area contributed by atoms with Gasteiger partial charge in [-0.15, -0.1) is 0 Å². The van der Waals surface area contributed by atoms with Crippen molar-refractivity contribution in [3.63, 3.8) is 0 Å². The molecule has 2 aromatic rings. The van der Waals surface area contributed by atoms with Gasteiger partial charge in [0.2, 0.25) is 0 Å². The van der Waals surface area contributed by atoms with Crippen LogP contribution in [0.3, 0.4) is 0 Å². The number of nitrogen functional groups attached to an aromatic ring is 1. The van der Waals surface area contributed by atoms with Crippen molar-refractivity contribution in [1.82, 2.24) is 4.57 Å². The molecule has 0 aliphatic rings. The molecule has 1 aromatic carbocycles. The van der Waals surface area contributed by atoms with Crippen LogP contribution in [0.2, 0.25) is 0 Å². The number of rotatable bonds is 2. The third kappa shape index (κ3) is 1.89. The predicted octanol–water partition coefficient (Wildman–Crippen LogP) is 2.13. The van der Waals surface area contributed by atoms with E-state index in [0.29, 0.717) is 23.5 Å². The highest BCUT2D eigenvalue weighted by Gasteiger charge is 2.04. The first-order valence-electron chi connectivity index (χ1n) is 4.80. The summed E-state index contributed by atoms with van der Waals surface area (Å²) < 4.78 is 14.8. The van der Waals surface area contributed by atoms with Gasteiger partial charge in [-0.05, 0) is 35.9 Å². The third-order valence-corrected chi connectivity index (χ3v) is 2.39. The van der Waals surface area contributed by atoms with Gasteiger partial charge in [-0.1, -0.05) is 0 Å². The molecule has 0 radical (unpaired) electrons. The number of nitrogens with two attached hydrogens (primary N) is 1. The predicted molar refractivity (Wildman–Crippen MR) is 59.1 cm³/mol. The van der Waals surface area contributed by atoms with Crippen LogP contribution in [0.15, 0.2) is 36.5 Å². The lowest BCUT2D eigenvalue weighted by molar-refractivity contribution is 0.624. The normalized spacial score (nSPS) is 10.0. The Morgan fingerprint density at radius 2 is 2.19 bits per heavy atom. The van der Waals surface area contributed by atoms with Crippen LogP contribution < -0.4 is 5.73 Å². The Kier molecular flexibility index (Phi) is 2.61. The molecule has 0 spiro atoms. The van der Waals surface area contributed by atoms with Gasteiger partial charge in [0, 0.05) is 11.9 Å². The molecule has 0 aliphatic heterocycles. The average Bonchev–Trinajstić information content (AvgIpc) is 2.71. The largest absolute Gasteiger partial charge is 0.398 e. The highest BCUT2D eigenvalue weighted by Crippen LogP contribution is 2.16. The lowest BCUT2D eigenvalue weighted by atomic mass is 10.1. The molecule has 0 aliphatic carbocycles. The summed E-state index contributed by atoms with van der Waals surface area (Å²) >= 11 is 0.